The molecule has 0 bridgehead atoms. The highest BCUT2D eigenvalue weighted by molar-refractivity contribution is 5.42. The van der Waals surface area contributed by atoms with E-state index in [-0.39, 0.29) is 0 Å². The Kier molecular flexibility index (Phi) is 13.2. The van der Waals surface area contributed by atoms with Crippen LogP contribution in [0.4, 0.5) is 0 Å². The van der Waals surface area contributed by atoms with Gasteiger partial charge in [-0.25, -0.2) is 0 Å². The Morgan fingerprint density at radius 2 is 1.32 bits per heavy atom. The van der Waals surface area contributed by atoms with Gasteiger partial charge in [-0.3, -0.25) is 0 Å². The van der Waals surface area contributed by atoms with Gasteiger partial charge in [-0.2, -0.15) is 0 Å². The number of nitrogens with two attached hydrogens (primary N) is 1. The van der Waals surface area contributed by atoms with Crippen molar-refractivity contribution in [2.45, 2.75) is 90.5 Å². The van der Waals surface area contributed by atoms with E-state index in [4.69, 9.17) is 15.2 Å². The average molecular weight is 350 g/mol. The fourth-order valence-electron chi connectivity index (χ4n) is 3.08. The van der Waals surface area contributed by atoms with E-state index in [0.717, 1.165) is 30.1 Å². The molecule has 0 radical (unpaired) electrons. The quantitative estimate of drug-likeness (QED) is 0.360. The summed E-state index contributed by atoms with van der Waals surface area (Å²) in [7, 11) is 1.67. The van der Waals surface area contributed by atoms with Crippen molar-refractivity contribution in [3.8, 4) is 11.5 Å². The van der Waals surface area contributed by atoms with Crippen molar-refractivity contribution >= 4 is 0 Å². The zero-order chi connectivity index (χ0) is 18.2. The van der Waals surface area contributed by atoms with Gasteiger partial charge in [-0.05, 0) is 24.1 Å². The van der Waals surface area contributed by atoms with Gasteiger partial charge in [0.05, 0.1) is 13.7 Å². The standard InChI is InChI=1S/C22H39NO2/c1-3-4-5-6-7-8-9-10-11-12-13-14-17-25-21-16-15-20(19-23)18-22(21)24-2/h15-16,18H,3-14,17,19,23H2,1-2H3. The third-order valence-corrected chi connectivity index (χ3v) is 4.72. The van der Waals surface area contributed by atoms with Crippen molar-refractivity contribution in [1.82, 2.24) is 0 Å². The zero-order valence-electron chi connectivity index (χ0n) is 16.5. The summed E-state index contributed by atoms with van der Waals surface area (Å²) in [5, 5.41) is 0. The third kappa shape index (κ3) is 10.4. The van der Waals surface area contributed by atoms with E-state index in [2.05, 4.69) is 6.92 Å². The van der Waals surface area contributed by atoms with Crippen molar-refractivity contribution in [3.63, 3.8) is 0 Å². The molecule has 2 N–H and O–H groups in total. The van der Waals surface area contributed by atoms with Gasteiger partial charge in [0.15, 0.2) is 11.5 Å². The number of hydrogen-bond acceptors (Lipinski definition) is 3. The maximum atomic E-state index is 5.85. The fraction of sp³-hybridized carbons (Fsp3) is 0.727. The second-order valence-corrected chi connectivity index (χ2v) is 6.93. The number of unbranched alkanes of at least 4 members (excludes halogenated alkanes) is 11. The molecule has 3 heteroatoms. The smallest absolute Gasteiger partial charge is 0.161 e. The lowest BCUT2D eigenvalue weighted by molar-refractivity contribution is 0.284. The second kappa shape index (κ2) is 15.1. The first kappa shape index (κ1) is 21.8. The summed E-state index contributed by atoms with van der Waals surface area (Å²) in [5.74, 6) is 1.60. The Morgan fingerprint density at radius 1 is 0.760 bits per heavy atom. The molecule has 25 heavy (non-hydrogen) atoms. The predicted octanol–water partition coefficient (Wildman–Crippen LogP) is 6.23. The van der Waals surface area contributed by atoms with Crippen LogP contribution in [-0.2, 0) is 6.54 Å². The molecule has 0 saturated carbocycles. The minimum absolute atomic E-state index is 0.523. The molecule has 0 unspecified atom stereocenters. The third-order valence-electron chi connectivity index (χ3n) is 4.72. The maximum Gasteiger partial charge on any atom is 0.161 e. The summed E-state index contributed by atoms with van der Waals surface area (Å²) in [6.07, 6.45) is 16.3. The van der Waals surface area contributed by atoms with Crippen molar-refractivity contribution in [2.24, 2.45) is 5.73 Å². The van der Waals surface area contributed by atoms with Gasteiger partial charge in [-0.15, -0.1) is 0 Å². The lowest BCUT2D eigenvalue weighted by Crippen LogP contribution is -2.01. The average Bonchev–Trinajstić information content (AvgIpc) is 2.65. The van der Waals surface area contributed by atoms with Crippen LogP contribution in [0, 0.1) is 0 Å². The second-order valence-electron chi connectivity index (χ2n) is 6.93. The summed E-state index contributed by atoms with van der Waals surface area (Å²) in [5.41, 5.74) is 6.72. The molecular formula is C22H39NO2. The molecule has 0 aliphatic rings. The summed E-state index contributed by atoms with van der Waals surface area (Å²) in [6, 6.07) is 5.92. The van der Waals surface area contributed by atoms with Crippen LogP contribution in [0.3, 0.4) is 0 Å². The van der Waals surface area contributed by atoms with Crippen molar-refractivity contribution < 1.29 is 9.47 Å². The van der Waals surface area contributed by atoms with Crippen LogP contribution in [0.2, 0.25) is 0 Å². The Balaban J connectivity index is 1.97. The summed E-state index contributed by atoms with van der Waals surface area (Å²) < 4.78 is 11.2. The SMILES string of the molecule is CCCCCCCCCCCCCCOc1ccc(CN)cc1OC. The number of ether oxygens (including phenoxy) is 2. The number of methoxy groups -OCH3 is 1. The van der Waals surface area contributed by atoms with Crippen LogP contribution in [0.25, 0.3) is 0 Å². The highest BCUT2D eigenvalue weighted by atomic mass is 16.5. The van der Waals surface area contributed by atoms with Gasteiger partial charge in [0.25, 0.3) is 0 Å². The van der Waals surface area contributed by atoms with E-state index in [1.165, 1.54) is 70.6 Å². The molecule has 144 valence electrons. The normalized spacial score (nSPS) is 10.8. The Hall–Kier alpha value is -1.22. The van der Waals surface area contributed by atoms with Crippen LogP contribution in [0.5, 0.6) is 11.5 Å². The van der Waals surface area contributed by atoms with E-state index >= 15 is 0 Å². The Labute approximate surface area is 155 Å². The number of benzene rings is 1. The van der Waals surface area contributed by atoms with E-state index in [9.17, 15) is 0 Å². The first-order chi connectivity index (χ1) is 12.3. The minimum atomic E-state index is 0.523. The molecule has 0 amide bonds. The van der Waals surface area contributed by atoms with Gasteiger partial charge in [0.2, 0.25) is 0 Å². The molecule has 3 nitrogen and oxygen atoms in total. The summed E-state index contributed by atoms with van der Waals surface area (Å²) >= 11 is 0. The lowest BCUT2D eigenvalue weighted by Gasteiger charge is -2.11. The molecule has 0 heterocycles. The maximum absolute atomic E-state index is 5.85. The van der Waals surface area contributed by atoms with E-state index in [1.807, 2.05) is 18.2 Å². The van der Waals surface area contributed by atoms with Crippen LogP contribution < -0.4 is 15.2 Å². The van der Waals surface area contributed by atoms with E-state index < -0.39 is 0 Å². The van der Waals surface area contributed by atoms with Crippen LogP contribution in [-0.4, -0.2) is 13.7 Å². The molecule has 0 fully saturated rings. The van der Waals surface area contributed by atoms with Gasteiger partial charge < -0.3 is 15.2 Å². The summed E-state index contributed by atoms with van der Waals surface area (Å²) in [4.78, 5) is 0. The molecule has 0 aliphatic heterocycles. The molecule has 1 aromatic rings. The molecule has 0 aliphatic carbocycles. The fourth-order valence-corrected chi connectivity index (χ4v) is 3.08. The van der Waals surface area contributed by atoms with Gasteiger partial charge in [-0.1, -0.05) is 83.6 Å². The van der Waals surface area contributed by atoms with Crippen molar-refractivity contribution in [3.05, 3.63) is 23.8 Å². The van der Waals surface area contributed by atoms with E-state index in [1.54, 1.807) is 7.11 Å². The number of hydrogen-bond donors (Lipinski definition) is 1. The first-order valence-electron chi connectivity index (χ1n) is 10.3. The van der Waals surface area contributed by atoms with E-state index in [0.29, 0.717) is 6.54 Å². The molecule has 1 aromatic carbocycles. The Morgan fingerprint density at radius 3 is 1.84 bits per heavy atom. The van der Waals surface area contributed by atoms with Crippen molar-refractivity contribution in [2.75, 3.05) is 13.7 Å². The van der Waals surface area contributed by atoms with Crippen LogP contribution >= 0.6 is 0 Å². The van der Waals surface area contributed by atoms with Gasteiger partial charge >= 0.3 is 0 Å². The zero-order valence-corrected chi connectivity index (χ0v) is 16.5. The van der Waals surface area contributed by atoms with Crippen LogP contribution in [0.15, 0.2) is 18.2 Å². The molecule has 0 saturated heterocycles. The van der Waals surface area contributed by atoms with Gasteiger partial charge in [0.1, 0.15) is 0 Å². The highest BCUT2D eigenvalue weighted by Gasteiger charge is 2.05. The minimum Gasteiger partial charge on any atom is -0.493 e. The molecule has 1 rings (SSSR count). The van der Waals surface area contributed by atoms with Gasteiger partial charge in [0, 0.05) is 6.54 Å². The lowest BCUT2D eigenvalue weighted by atomic mass is 10.1. The molecule has 0 spiro atoms. The van der Waals surface area contributed by atoms with Crippen molar-refractivity contribution in [1.29, 1.82) is 0 Å². The highest BCUT2D eigenvalue weighted by Crippen LogP contribution is 2.28. The summed E-state index contributed by atoms with van der Waals surface area (Å²) in [6.45, 7) is 3.56. The topological polar surface area (TPSA) is 44.5 Å². The Bertz CT molecular complexity index is 434. The largest absolute Gasteiger partial charge is 0.493 e. The number of rotatable bonds is 16. The molecular weight excluding hydrogens is 310 g/mol. The molecule has 0 aromatic heterocycles. The van der Waals surface area contributed by atoms with Crippen LogP contribution in [0.1, 0.15) is 89.5 Å². The predicted molar refractivity (Wildman–Crippen MR) is 107 cm³/mol. The molecule has 0 atom stereocenters. The monoisotopic (exact) mass is 349 g/mol. The first-order valence-corrected chi connectivity index (χ1v) is 10.3.